The second-order valence-corrected chi connectivity index (χ2v) is 7.75. The van der Waals surface area contributed by atoms with Crippen LogP contribution in [0.25, 0.3) is 17.0 Å². The number of esters is 1. The van der Waals surface area contributed by atoms with Gasteiger partial charge in [0.1, 0.15) is 18.3 Å². The molecule has 33 heavy (non-hydrogen) atoms. The van der Waals surface area contributed by atoms with Crippen molar-refractivity contribution in [1.82, 2.24) is 0 Å². The molecule has 0 aliphatic heterocycles. The van der Waals surface area contributed by atoms with Crippen molar-refractivity contribution in [2.24, 2.45) is 0 Å². The molecule has 0 bridgehead atoms. The molecule has 0 amide bonds. The van der Waals surface area contributed by atoms with E-state index >= 15 is 0 Å². The molecule has 0 radical (unpaired) electrons. The van der Waals surface area contributed by atoms with Crippen LogP contribution >= 0.6 is 0 Å². The fourth-order valence-electron chi connectivity index (χ4n) is 3.51. The molecule has 3 rings (SSSR count). The van der Waals surface area contributed by atoms with Crippen molar-refractivity contribution in [2.75, 3.05) is 13.7 Å². The summed E-state index contributed by atoms with van der Waals surface area (Å²) in [6.07, 6.45) is 2.87. The fourth-order valence-corrected chi connectivity index (χ4v) is 3.51. The van der Waals surface area contributed by atoms with Crippen molar-refractivity contribution in [3.05, 3.63) is 75.1 Å². The van der Waals surface area contributed by atoms with Crippen LogP contribution in [0.3, 0.4) is 0 Å². The molecule has 0 aliphatic rings. The zero-order valence-corrected chi connectivity index (χ0v) is 19.0. The number of nitriles is 1. The monoisotopic (exact) mass is 447 g/mol. The van der Waals surface area contributed by atoms with Gasteiger partial charge in [0, 0.05) is 23.1 Å². The Morgan fingerprint density at radius 1 is 1.18 bits per heavy atom. The van der Waals surface area contributed by atoms with Crippen LogP contribution in [0.5, 0.6) is 11.5 Å². The highest BCUT2D eigenvalue weighted by atomic mass is 16.5. The lowest BCUT2D eigenvalue weighted by molar-refractivity contribution is -0.138. The van der Waals surface area contributed by atoms with Gasteiger partial charge < -0.3 is 18.6 Å². The molecule has 3 aromatic rings. The zero-order valence-electron chi connectivity index (χ0n) is 19.0. The molecule has 0 fully saturated rings. The minimum Gasteiger partial charge on any atom is -0.493 e. The third-order valence-corrected chi connectivity index (χ3v) is 5.10. The van der Waals surface area contributed by atoms with Crippen LogP contribution in [0.15, 0.2) is 51.7 Å². The van der Waals surface area contributed by atoms with Gasteiger partial charge in [-0.2, -0.15) is 5.26 Å². The molecule has 0 saturated carbocycles. The van der Waals surface area contributed by atoms with Crippen LogP contribution in [-0.2, 0) is 16.1 Å². The first-order valence-electron chi connectivity index (χ1n) is 10.4. The van der Waals surface area contributed by atoms with E-state index < -0.39 is 11.6 Å². The van der Waals surface area contributed by atoms with Gasteiger partial charge in [-0.3, -0.25) is 0 Å². The standard InChI is InChI=1S/C26H25NO6/c1-16(2)20-14-21-19(13-26(29)33-23(21)11-17(20)3)15-32-25(28)8-6-18-5-7-22(31-10-9-27)24(12-18)30-4/h5-8,11-14,16H,10,15H2,1-4H3. The maximum atomic E-state index is 12.3. The molecule has 170 valence electrons. The topological polar surface area (TPSA) is 98.8 Å². The van der Waals surface area contributed by atoms with Crippen molar-refractivity contribution in [3.63, 3.8) is 0 Å². The maximum Gasteiger partial charge on any atom is 0.336 e. The average Bonchev–Trinajstić information content (AvgIpc) is 2.79. The quantitative estimate of drug-likeness (QED) is 0.275. The first kappa shape index (κ1) is 23.6. The summed E-state index contributed by atoms with van der Waals surface area (Å²) in [5, 5.41) is 9.39. The van der Waals surface area contributed by atoms with E-state index in [2.05, 4.69) is 13.8 Å². The number of fused-ring (bicyclic) bond motifs is 1. The lowest BCUT2D eigenvalue weighted by atomic mass is 9.95. The number of rotatable bonds is 8. The summed E-state index contributed by atoms with van der Waals surface area (Å²) in [4.78, 5) is 24.3. The Bertz CT molecular complexity index is 1300. The summed E-state index contributed by atoms with van der Waals surface area (Å²) in [5.74, 6) is 0.619. The van der Waals surface area contributed by atoms with E-state index in [9.17, 15) is 9.59 Å². The van der Waals surface area contributed by atoms with Gasteiger partial charge in [0.25, 0.3) is 0 Å². The first-order valence-corrected chi connectivity index (χ1v) is 10.4. The number of aryl methyl sites for hydroxylation is 1. The Morgan fingerprint density at radius 2 is 1.97 bits per heavy atom. The largest absolute Gasteiger partial charge is 0.493 e. The highest BCUT2D eigenvalue weighted by molar-refractivity contribution is 5.88. The number of methoxy groups -OCH3 is 1. The summed E-state index contributed by atoms with van der Waals surface area (Å²) in [6, 6.07) is 12.1. The van der Waals surface area contributed by atoms with E-state index in [0.29, 0.717) is 34.1 Å². The first-order chi connectivity index (χ1) is 15.8. The Hall–Kier alpha value is -4.05. The van der Waals surface area contributed by atoms with E-state index in [0.717, 1.165) is 16.5 Å². The summed E-state index contributed by atoms with van der Waals surface area (Å²) in [6.45, 7) is 6.01. The van der Waals surface area contributed by atoms with Crippen LogP contribution in [0.2, 0.25) is 0 Å². The van der Waals surface area contributed by atoms with Gasteiger partial charge in [-0.05, 0) is 59.9 Å². The van der Waals surface area contributed by atoms with Crippen LogP contribution in [-0.4, -0.2) is 19.7 Å². The van der Waals surface area contributed by atoms with Gasteiger partial charge in [-0.15, -0.1) is 0 Å². The molecule has 0 N–H and O–H groups in total. The van der Waals surface area contributed by atoms with Gasteiger partial charge in [0.05, 0.1) is 7.11 Å². The molecule has 2 aromatic carbocycles. The predicted molar refractivity (Wildman–Crippen MR) is 124 cm³/mol. The minimum absolute atomic E-state index is 0.0594. The van der Waals surface area contributed by atoms with Crippen LogP contribution < -0.4 is 15.1 Å². The molecule has 0 atom stereocenters. The summed E-state index contributed by atoms with van der Waals surface area (Å²) in [7, 11) is 1.49. The maximum absolute atomic E-state index is 12.3. The van der Waals surface area contributed by atoms with Gasteiger partial charge >= 0.3 is 11.6 Å². The van der Waals surface area contributed by atoms with Gasteiger partial charge in [-0.1, -0.05) is 19.9 Å². The number of benzene rings is 2. The summed E-state index contributed by atoms with van der Waals surface area (Å²) < 4.78 is 21.3. The van der Waals surface area contributed by atoms with E-state index in [4.69, 9.17) is 23.9 Å². The van der Waals surface area contributed by atoms with Crippen LogP contribution in [0.4, 0.5) is 0 Å². The number of carbonyl (C=O) groups excluding carboxylic acids is 1. The smallest absolute Gasteiger partial charge is 0.336 e. The van der Waals surface area contributed by atoms with Crippen molar-refractivity contribution < 1.29 is 23.4 Å². The summed E-state index contributed by atoms with van der Waals surface area (Å²) >= 11 is 0. The molecule has 7 nitrogen and oxygen atoms in total. The van der Waals surface area contributed by atoms with E-state index in [1.165, 1.54) is 19.3 Å². The number of carbonyl (C=O) groups is 1. The van der Waals surface area contributed by atoms with Gasteiger partial charge in [0.2, 0.25) is 0 Å². The molecule has 1 heterocycles. The van der Waals surface area contributed by atoms with Crippen molar-refractivity contribution in [3.8, 4) is 17.6 Å². The Morgan fingerprint density at radius 3 is 2.67 bits per heavy atom. The van der Waals surface area contributed by atoms with E-state index in [1.54, 1.807) is 24.3 Å². The third-order valence-electron chi connectivity index (χ3n) is 5.10. The molecular formula is C26H25NO6. The van der Waals surface area contributed by atoms with Crippen molar-refractivity contribution in [2.45, 2.75) is 33.3 Å². The fraction of sp³-hybridized carbons (Fsp3) is 0.269. The molecule has 0 spiro atoms. The van der Waals surface area contributed by atoms with Gasteiger partial charge in [-0.25, -0.2) is 9.59 Å². The van der Waals surface area contributed by atoms with E-state index in [1.807, 2.05) is 25.1 Å². The van der Waals surface area contributed by atoms with Crippen molar-refractivity contribution in [1.29, 1.82) is 5.26 Å². The number of nitrogens with zero attached hydrogens (tertiary/aromatic N) is 1. The highest BCUT2D eigenvalue weighted by Gasteiger charge is 2.12. The van der Waals surface area contributed by atoms with E-state index in [-0.39, 0.29) is 13.2 Å². The second kappa shape index (κ2) is 10.5. The number of hydrogen-bond donors (Lipinski definition) is 0. The second-order valence-electron chi connectivity index (χ2n) is 7.75. The highest BCUT2D eigenvalue weighted by Crippen LogP contribution is 2.29. The lowest BCUT2D eigenvalue weighted by Gasteiger charge is -2.13. The average molecular weight is 447 g/mol. The molecule has 1 aromatic heterocycles. The van der Waals surface area contributed by atoms with Gasteiger partial charge in [0.15, 0.2) is 18.1 Å². The lowest BCUT2D eigenvalue weighted by Crippen LogP contribution is -2.06. The molecule has 0 aliphatic carbocycles. The van der Waals surface area contributed by atoms with Crippen LogP contribution in [0.1, 0.15) is 42.0 Å². The van der Waals surface area contributed by atoms with Crippen LogP contribution in [0, 0.1) is 18.3 Å². The normalized spacial score (nSPS) is 11.0. The zero-order chi connectivity index (χ0) is 24.0. The molecule has 0 saturated heterocycles. The molecular weight excluding hydrogens is 422 g/mol. The molecule has 7 heteroatoms. The SMILES string of the molecule is COc1cc(C=CC(=O)OCc2cc(=O)oc3cc(C)c(C(C)C)cc23)ccc1OCC#N. The Balaban J connectivity index is 1.76. The Labute approximate surface area is 191 Å². The number of hydrogen-bond acceptors (Lipinski definition) is 7. The minimum atomic E-state index is -0.559. The summed E-state index contributed by atoms with van der Waals surface area (Å²) in [5.41, 5.74) is 3.43. The predicted octanol–water partition coefficient (Wildman–Crippen LogP) is 4.89. The third kappa shape index (κ3) is 5.80. The molecule has 0 unspecified atom stereocenters. The Kier molecular flexibility index (Phi) is 7.52. The van der Waals surface area contributed by atoms with Crippen molar-refractivity contribution >= 4 is 23.0 Å². The number of ether oxygens (including phenoxy) is 3.